The zero-order valence-corrected chi connectivity index (χ0v) is 24.3. The smallest absolute Gasteiger partial charge is 0.208 e. The molecule has 0 atom stereocenters. The van der Waals surface area contributed by atoms with Crippen LogP contribution >= 0.6 is 15.9 Å². The van der Waals surface area contributed by atoms with Crippen molar-refractivity contribution in [3.05, 3.63) is 64.5 Å². The molecule has 0 bridgehead atoms. The predicted octanol–water partition coefficient (Wildman–Crippen LogP) is 5.13. The van der Waals surface area contributed by atoms with Crippen LogP contribution in [0.5, 0.6) is 11.5 Å². The average molecular weight is 582 g/mol. The number of methoxy groups -OCH3 is 1. The lowest BCUT2D eigenvalue weighted by molar-refractivity contribution is 0.149. The molecular weight excluding hydrogens is 544 g/mol. The highest BCUT2D eigenvalue weighted by Gasteiger charge is 2.17. The summed E-state index contributed by atoms with van der Waals surface area (Å²) in [5, 5.41) is 3.43. The highest BCUT2D eigenvalue weighted by Crippen LogP contribution is 2.35. The van der Waals surface area contributed by atoms with Crippen LogP contribution in [0.2, 0.25) is 0 Å². The van der Waals surface area contributed by atoms with Crippen LogP contribution in [0.3, 0.4) is 0 Å². The molecule has 38 heavy (non-hydrogen) atoms. The largest absolute Gasteiger partial charge is 0.493 e. The molecule has 202 valence electrons. The number of hydrogen-bond donors (Lipinski definition) is 1. The molecular formula is C29H37BrN6O2. The molecule has 1 saturated heterocycles. The van der Waals surface area contributed by atoms with Gasteiger partial charge in [-0.2, -0.15) is 0 Å². The molecule has 0 radical (unpaired) electrons. The zero-order chi connectivity index (χ0) is 26.6. The Hall–Kier alpha value is -3.01. The average Bonchev–Trinajstić information content (AvgIpc) is 3.21. The van der Waals surface area contributed by atoms with Gasteiger partial charge in [0, 0.05) is 74.8 Å². The molecule has 5 rings (SSSR count). The number of allylic oxidation sites excluding steroid dienone is 1. The number of rotatable bonds is 9. The van der Waals surface area contributed by atoms with E-state index in [9.17, 15) is 0 Å². The molecule has 2 aliphatic rings. The normalized spacial score (nSPS) is 16.7. The van der Waals surface area contributed by atoms with E-state index in [4.69, 9.17) is 14.5 Å². The number of fused-ring (bicyclic) bond motifs is 1. The summed E-state index contributed by atoms with van der Waals surface area (Å²) in [5.74, 6) is 2.90. The van der Waals surface area contributed by atoms with Gasteiger partial charge in [-0.25, -0.2) is 4.98 Å². The number of piperazine rings is 1. The number of benzene rings is 2. The Morgan fingerprint density at radius 3 is 2.55 bits per heavy atom. The topological polar surface area (TPSA) is 58.0 Å². The maximum atomic E-state index is 6.27. The molecule has 2 aliphatic heterocycles. The first-order chi connectivity index (χ1) is 18.4. The quantitative estimate of drug-likeness (QED) is 0.376. The summed E-state index contributed by atoms with van der Waals surface area (Å²) in [7, 11) is 5.86. The van der Waals surface area contributed by atoms with E-state index in [0.29, 0.717) is 11.5 Å². The highest BCUT2D eigenvalue weighted by molar-refractivity contribution is 9.10. The van der Waals surface area contributed by atoms with Crippen molar-refractivity contribution in [2.45, 2.75) is 13.3 Å². The number of hydrogen-bond acceptors (Lipinski definition) is 7. The van der Waals surface area contributed by atoms with Gasteiger partial charge in [0.05, 0.1) is 18.1 Å². The standard InChI is InChI=1S/C29H37BrN6O2/c1-21-18-22(6-7-24(21)30)31-29-32-25-19-28(27(37-4)20-26(25)34(29)3)38-23-8-12-35(13-9-23)10-5-11-36-16-14-33(2)15-17-36/h6-9,12,18-20H,5,10-11,13-17H2,1-4H3,(H,31,32). The van der Waals surface area contributed by atoms with E-state index in [1.807, 2.05) is 42.0 Å². The van der Waals surface area contributed by atoms with Crippen LogP contribution in [0.4, 0.5) is 11.6 Å². The second kappa shape index (κ2) is 11.8. The van der Waals surface area contributed by atoms with Gasteiger partial charge < -0.3 is 34.1 Å². The van der Waals surface area contributed by atoms with E-state index in [0.717, 1.165) is 58.1 Å². The number of imidazole rings is 1. The first-order valence-electron chi connectivity index (χ1n) is 13.2. The highest BCUT2D eigenvalue weighted by atomic mass is 79.9. The number of ether oxygens (including phenoxy) is 2. The van der Waals surface area contributed by atoms with Crippen molar-refractivity contribution >= 4 is 38.6 Å². The Morgan fingerprint density at radius 2 is 1.84 bits per heavy atom. The molecule has 9 heteroatoms. The third-order valence-corrected chi connectivity index (χ3v) is 8.19. The minimum atomic E-state index is 0.656. The fourth-order valence-electron chi connectivity index (χ4n) is 4.85. The van der Waals surface area contributed by atoms with Gasteiger partial charge in [0.1, 0.15) is 5.76 Å². The minimum absolute atomic E-state index is 0.656. The van der Waals surface area contributed by atoms with Crippen molar-refractivity contribution in [1.82, 2.24) is 24.3 Å². The SMILES string of the molecule is COc1cc2c(cc1OC1=CCN(CCCN3CCN(C)CC3)C=C1)nc(Nc1ccc(Br)c(C)c1)n2C. The molecule has 0 saturated carbocycles. The van der Waals surface area contributed by atoms with E-state index >= 15 is 0 Å². The van der Waals surface area contributed by atoms with E-state index in [1.165, 1.54) is 32.6 Å². The van der Waals surface area contributed by atoms with Gasteiger partial charge in [0.2, 0.25) is 5.95 Å². The van der Waals surface area contributed by atoms with Crippen LogP contribution in [-0.2, 0) is 7.05 Å². The van der Waals surface area contributed by atoms with Crippen LogP contribution < -0.4 is 14.8 Å². The molecule has 0 spiro atoms. The zero-order valence-electron chi connectivity index (χ0n) is 22.7. The van der Waals surface area contributed by atoms with Gasteiger partial charge in [0.15, 0.2) is 11.5 Å². The third kappa shape index (κ3) is 6.17. The van der Waals surface area contributed by atoms with E-state index in [1.54, 1.807) is 7.11 Å². The lowest BCUT2D eigenvalue weighted by Gasteiger charge is -2.33. The van der Waals surface area contributed by atoms with E-state index in [-0.39, 0.29) is 0 Å². The number of nitrogens with zero attached hydrogens (tertiary/aromatic N) is 5. The number of aromatic nitrogens is 2. The number of aryl methyl sites for hydroxylation is 2. The number of nitrogens with one attached hydrogen (secondary N) is 1. The van der Waals surface area contributed by atoms with Gasteiger partial charge >= 0.3 is 0 Å². The summed E-state index contributed by atoms with van der Waals surface area (Å²) in [6.07, 6.45) is 7.46. The fourth-order valence-corrected chi connectivity index (χ4v) is 5.10. The van der Waals surface area contributed by atoms with Gasteiger partial charge in [-0.1, -0.05) is 15.9 Å². The van der Waals surface area contributed by atoms with Gasteiger partial charge in [0.25, 0.3) is 0 Å². The molecule has 0 amide bonds. The van der Waals surface area contributed by atoms with Crippen molar-refractivity contribution < 1.29 is 9.47 Å². The molecule has 3 aromatic rings. The summed E-state index contributed by atoms with van der Waals surface area (Å²) in [6.45, 7) is 9.80. The fraction of sp³-hybridized carbons (Fsp3) is 0.414. The van der Waals surface area contributed by atoms with Gasteiger partial charge in [-0.15, -0.1) is 0 Å². The first kappa shape index (κ1) is 26.6. The Labute approximate surface area is 233 Å². The summed E-state index contributed by atoms with van der Waals surface area (Å²) >= 11 is 3.56. The molecule has 2 aromatic carbocycles. The summed E-state index contributed by atoms with van der Waals surface area (Å²) in [5.41, 5.74) is 3.95. The molecule has 1 N–H and O–H groups in total. The van der Waals surface area contributed by atoms with Crippen molar-refractivity contribution in [2.24, 2.45) is 7.05 Å². The summed E-state index contributed by atoms with van der Waals surface area (Å²) in [6, 6.07) is 10.1. The molecule has 0 aliphatic carbocycles. The second-order valence-electron chi connectivity index (χ2n) is 10.1. The van der Waals surface area contributed by atoms with Crippen LogP contribution in [-0.4, -0.2) is 84.2 Å². The first-order valence-corrected chi connectivity index (χ1v) is 14.0. The summed E-state index contributed by atoms with van der Waals surface area (Å²) < 4.78 is 15.1. The van der Waals surface area contributed by atoms with Crippen LogP contribution in [0.1, 0.15) is 12.0 Å². The third-order valence-electron chi connectivity index (χ3n) is 7.30. The molecule has 1 fully saturated rings. The number of likely N-dealkylation sites (N-methyl/N-ethyl adjacent to an activating group) is 1. The lowest BCUT2D eigenvalue weighted by Crippen LogP contribution is -2.45. The Balaban J connectivity index is 1.22. The van der Waals surface area contributed by atoms with Crippen LogP contribution in [0.15, 0.2) is 58.9 Å². The second-order valence-corrected chi connectivity index (χ2v) is 10.9. The monoisotopic (exact) mass is 580 g/mol. The van der Waals surface area contributed by atoms with Crippen LogP contribution in [0.25, 0.3) is 11.0 Å². The van der Waals surface area contributed by atoms with E-state index in [2.05, 4.69) is 68.3 Å². The predicted molar refractivity (Wildman–Crippen MR) is 157 cm³/mol. The molecule has 8 nitrogen and oxygen atoms in total. The maximum Gasteiger partial charge on any atom is 0.208 e. The van der Waals surface area contributed by atoms with Crippen LogP contribution in [0, 0.1) is 6.92 Å². The lowest BCUT2D eigenvalue weighted by atomic mass is 10.2. The minimum Gasteiger partial charge on any atom is -0.493 e. The van der Waals surface area contributed by atoms with Gasteiger partial charge in [-0.05, 0) is 62.9 Å². The number of anilines is 2. The number of halogens is 1. The van der Waals surface area contributed by atoms with Crippen molar-refractivity contribution in [3.8, 4) is 11.5 Å². The molecule has 0 unspecified atom stereocenters. The Bertz CT molecular complexity index is 1340. The van der Waals surface area contributed by atoms with Crippen molar-refractivity contribution in [1.29, 1.82) is 0 Å². The Morgan fingerprint density at radius 1 is 1.03 bits per heavy atom. The molecule has 1 aromatic heterocycles. The van der Waals surface area contributed by atoms with E-state index < -0.39 is 0 Å². The summed E-state index contributed by atoms with van der Waals surface area (Å²) in [4.78, 5) is 12.1. The van der Waals surface area contributed by atoms with Crippen molar-refractivity contribution in [3.63, 3.8) is 0 Å². The Kier molecular flexibility index (Phi) is 8.26. The van der Waals surface area contributed by atoms with Crippen molar-refractivity contribution in [2.75, 3.05) is 65.3 Å². The molecule has 3 heterocycles. The maximum absolute atomic E-state index is 6.27. The van der Waals surface area contributed by atoms with Gasteiger partial charge in [-0.3, -0.25) is 0 Å².